The molecule has 0 radical (unpaired) electrons. The third-order valence-corrected chi connectivity index (χ3v) is 5.76. The first-order valence-electron chi connectivity index (χ1n) is 8.87. The summed E-state index contributed by atoms with van der Waals surface area (Å²) in [6, 6.07) is 10.3. The average molecular weight is 329 g/mol. The van der Waals surface area contributed by atoms with Crippen LogP contribution in [0.2, 0.25) is 0 Å². The van der Waals surface area contributed by atoms with Gasteiger partial charge in [-0.15, -0.1) is 0 Å². The van der Waals surface area contributed by atoms with Gasteiger partial charge in [-0.1, -0.05) is 37.3 Å². The van der Waals surface area contributed by atoms with E-state index in [1.165, 1.54) is 4.90 Å². The Labute approximate surface area is 144 Å². The molecule has 2 aliphatic heterocycles. The number of rotatable bonds is 4. The van der Waals surface area contributed by atoms with Gasteiger partial charge in [-0.05, 0) is 31.7 Å². The number of imide groups is 1. The molecule has 2 fully saturated rings. The number of likely N-dealkylation sites (N-methyl/N-ethyl adjacent to an activating group) is 1. The Morgan fingerprint density at radius 2 is 1.75 bits per heavy atom. The smallest absolute Gasteiger partial charge is 0.305 e. The molecule has 2 saturated heterocycles. The fourth-order valence-corrected chi connectivity index (χ4v) is 3.94. The lowest BCUT2D eigenvalue weighted by Crippen LogP contribution is -2.57. The number of hydrogen-bond acceptors (Lipinski definition) is 3. The van der Waals surface area contributed by atoms with E-state index in [0.717, 1.165) is 37.9 Å². The van der Waals surface area contributed by atoms with Crippen molar-refractivity contribution in [2.45, 2.75) is 51.2 Å². The fraction of sp³-hybridized carbons (Fsp3) is 0.579. The normalized spacial score (nSPS) is 22.5. The van der Waals surface area contributed by atoms with Crippen molar-refractivity contribution in [2.75, 3.05) is 20.1 Å². The molecule has 130 valence electrons. The lowest BCUT2D eigenvalue weighted by molar-refractivity contribution is -0.135. The van der Waals surface area contributed by atoms with E-state index in [0.29, 0.717) is 12.6 Å². The van der Waals surface area contributed by atoms with Gasteiger partial charge in [0.05, 0.1) is 0 Å². The second-order valence-corrected chi connectivity index (χ2v) is 7.04. The number of likely N-dealkylation sites (tertiary alicyclic amines) is 1. The maximum Gasteiger partial charge on any atom is 0.327 e. The van der Waals surface area contributed by atoms with Crippen molar-refractivity contribution in [1.29, 1.82) is 0 Å². The predicted molar refractivity (Wildman–Crippen MR) is 93.4 cm³/mol. The molecule has 2 aliphatic rings. The van der Waals surface area contributed by atoms with Crippen LogP contribution in [0.3, 0.4) is 0 Å². The van der Waals surface area contributed by atoms with Gasteiger partial charge >= 0.3 is 6.03 Å². The maximum absolute atomic E-state index is 12.9. The van der Waals surface area contributed by atoms with E-state index in [1.54, 1.807) is 11.9 Å². The predicted octanol–water partition coefficient (Wildman–Crippen LogP) is 2.71. The van der Waals surface area contributed by atoms with E-state index in [9.17, 15) is 9.59 Å². The lowest BCUT2D eigenvalue weighted by atomic mass is 9.85. The number of carbonyl (C=O) groups excluding carboxylic acids is 2. The highest BCUT2D eigenvalue weighted by atomic mass is 16.2. The van der Waals surface area contributed by atoms with Crippen molar-refractivity contribution in [2.24, 2.45) is 0 Å². The van der Waals surface area contributed by atoms with E-state index >= 15 is 0 Å². The summed E-state index contributed by atoms with van der Waals surface area (Å²) in [4.78, 5) is 31.1. The van der Waals surface area contributed by atoms with Crippen molar-refractivity contribution in [3.05, 3.63) is 35.9 Å². The molecule has 3 amide bonds. The Hall–Kier alpha value is -1.88. The first kappa shape index (κ1) is 17.0. The number of benzene rings is 1. The summed E-state index contributed by atoms with van der Waals surface area (Å²) >= 11 is 0. The van der Waals surface area contributed by atoms with Gasteiger partial charge in [-0.2, -0.15) is 0 Å². The molecule has 1 unspecified atom stereocenters. The van der Waals surface area contributed by atoms with Crippen LogP contribution in [-0.2, 0) is 11.3 Å². The second-order valence-electron chi connectivity index (χ2n) is 7.04. The molecule has 0 saturated carbocycles. The molecule has 0 bridgehead atoms. The number of piperidine rings is 1. The van der Waals surface area contributed by atoms with E-state index in [2.05, 4.69) is 18.7 Å². The molecule has 3 rings (SSSR count). The summed E-state index contributed by atoms with van der Waals surface area (Å²) in [7, 11) is 1.61. The summed E-state index contributed by atoms with van der Waals surface area (Å²) in [6.45, 7) is 6.65. The highest BCUT2D eigenvalue weighted by Gasteiger charge is 2.56. The summed E-state index contributed by atoms with van der Waals surface area (Å²) in [6.07, 6.45) is 2.55. The minimum absolute atomic E-state index is 0.0350. The summed E-state index contributed by atoms with van der Waals surface area (Å²) in [5, 5.41) is 0. The summed E-state index contributed by atoms with van der Waals surface area (Å²) < 4.78 is 0. The van der Waals surface area contributed by atoms with E-state index in [-0.39, 0.29) is 11.9 Å². The molecule has 5 nitrogen and oxygen atoms in total. The molecule has 24 heavy (non-hydrogen) atoms. The Kier molecular flexibility index (Phi) is 4.63. The average Bonchev–Trinajstić information content (AvgIpc) is 2.79. The van der Waals surface area contributed by atoms with Gasteiger partial charge in [-0.25, -0.2) is 4.79 Å². The maximum atomic E-state index is 12.9. The third-order valence-electron chi connectivity index (χ3n) is 5.76. The van der Waals surface area contributed by atoms with Crippen molar-refractivity contribution in [3.63, 3.8) is 0 Å². The van der Waals surface area contributed by atoms with Crippen LogP contribution >= 0.6 is 0 Å². The molecule has 1 aromatic carbocycles. The first-order valence-corrected chi connectivity index (χ1v) is 8.87. The molecule has 2 heterocycles. The third kappa shape index (κ3) is 2.71. The van der Waals surface area contributed by atoms with Crippen LogP contribution in [0.25, 0.3) is 0 Å². The van der Waals surface area contributed by atoms with Gasteiger partial charge in [0.25, 0.3) is 5.91 Å². The second kappa shape index (κ2) is 6.55. The van der Waals surface area contributed by atoms with E-state index in [4.69, 9.17) is 0 Å². The zero-order chi connectivity index (χ0) is 17.3. The molecule has 1 aromatic rings. The van der Waals surface area contributed by atoms with Crippen molar-refractivity contribution >= 4 is 11.9 Å². The van der Waals surface area contributed by atoms with Crippen molar-refractivity contribution < 1.29 is 9.59 Å². The van der Waals surface area contributed by atoms with Crippen LogP contribution in [-0.4, -0.2) is 58.4 Å². The summed E-state index contributed by atoms with van der Waals surface area (Å²) in [5.74, 6) is -0.0350. The van der Waals surface area contributed by atoms with Crippen molar-refractivity contribution in [3.8, 4) is 0 Å². The van der Waals surface area contributed by atoms with Gasteiger partial charge in [-0.3, -0.25) is 9.69 Å². The minimum Gasteiger partial charge on any atom is -0.305 e. The van der Waals surface area contributed by atoms with Crippen LogP contribution in [0.1, 0.15) is 38.7 Å². The summed E-state index contributed by atoms with van der Waals surface area (Å²) in [5.41, 5.74) is 0.406. The minimum atomic E-state index is -0.661. The van der Waals surface area contributed by atoms with Gasteiger partial charge in [0.15, 0.2) is 0 Å². The lowest BCUT2D eigenvalue weighted by Gasteiger charge is -2.44. The van der Waals surface area contributed by atoms with E-state index in [1.807, 2.05) is 30.3 Å². The molecular formula is C19H27N3O2. The van der Waals surface area contributed by atoms with Crippen molar-refractivity contribution in [1.82, 2.24) is 14.7 Å². The Bertz CT molecular complexity index is 608. The topological polar surface area (TPSA) is 43.9 Å². The van der Waals surface area contributed by atoms with E-state index < -0.39 is 5.54 Å². The Morgan fingerprint density at radius 3 is 2.33 bits per heavy atom. The number of carbonyl (C=O) groups is 2. The van der Waals surface area contributed by atoms with Gasteiger partial charge in [0.2, 0.25) is 0 Å². The van der Waals surface area contributed by atoms with Crippen LogP contribution in [0.4, 0.5) is 4.79 Å². The number of urea groups is 1. The number of amides is 3. The zero-order valence-corrected chi connectivity index (χ0v) is 14.9. The fourth-order valence-electron chi connectivity index (χ4n) is 3.94. The van der Waals surface area contributed by atoms with Crippen LogP contribution in [0.5, 0.6) is 0 Å². The number of nitrogens with zero attached hydrogens (tertiary/aromatic N) is 3. The monoisotopic (exact) mass is 329 g/mol. The SMILES string of the molecule is CCC(C)N1CCC2(CC1)C(=O)N(C)C(=O)N2Cc1ccccc1. The van der Waals surface area contributed by atoms with Gasteiger partial charge in [0, 0.05) is 32.7 Å². The van der Waals surface area contributed by atoms with Crippen LogP contribution in [0, 0.1) is 0 Å². The highest BCUT2D eigenvalue weighted by molar-refractivity contribution is 6.06. The number of hydrogen-bond donors (Lipinski definition) is 0. The Balaban J connectivity index is 1.84. The molecule has 0 aromatic heterocycles. The molecule has 1 atom stereocenters. The van der Waals surface area contributed by atoms with Crippen LogP contribution in [0.15, 0.2) is 30.3 Å². The zero-order valence-electron chi connectivity index (χ0n) is 14.9. The quantitative estimate of drug-likeness (QED) is 0.798. The molecule has 0 aliphatic carbocycles. The van der Waals surface area contributed by atoms with Crippen LogP contribution < -0.4 is 0 Å². The molecule has 5 heteroatoms. The largest absolute Gasteiger partial charge is 0.327 e. The van der Waals surface area contributed by atoms with Gasteiger partial charge < -0.3 is 9.80 Å². The molecular weight excluding hydrogens is 302 g/mol. The molecule has 0 N–H and O–H groups in total. The first-order chi connectivity index (χ1) is 11.5. The standard InChI is InChI=1S/C19H27N3O2/c1-4-15(2)21-12-10-19(11-13-21)17(23)20(3)18(24)22(19)14-16-8-6-5-7-9-16/h5-9,15H,4,10-14H2,1-3H3. The Morgan fingerprint density at radius 1 is 1.12 bits per heavy atom. The molecule has 1 spiro atoms. The highest BCUT2D eigenvalue weighted by Crippen LogP contribution is 2.38. The van der Waals surface area contributed by atoms with Gasteiger partial charge in [0.1, 0.15) is 5.54 Å².